The van der Waals surface area contributed by atoms with Gasteiger partial charge in [-0.1, -0.05) is 56.3 Å². The topological polar surface area (TPSA) is 96.5 Å². The van der Waals surface area contributed by atoms with Gasteiger partial charge in [0.25, 0.3) is 11.8 Å². The molecule has 0 fully saturated rings. The maximum absolute atomic E-state index is 13.3. The van der Waals surface area contributed by atoms with Crippen LogP contribution in [0.15, 0.2) is 91.0 Å². The molecule has 0 radical (unpaired) electrons. The number of hydrogen-bond acceptors (Lipinski definition) is 4. The van der Waals surface area contributed by atoms with E-state index in [2.05, 4.69) is 16.0 Å². The first kappa shape index (κ1) is 25.4. The highest BCUT2D eigenvalue weighted by Crippen LogP contribution is 2.21. The zero-order chi connectivity index (χ0) is 26.4. The molecule has 1 atom stereocenters. The van der Waals surface area contributed by atoms with E-state index in [1.54, 1.807) is 55.6 Å². The van der Waals surface area contributed by atoms with Crippen molar-refractivity contribution in [1.29, 1.82) is 0 Å². The van der Waals surface area contributed by atoms with E-state index >= 15 is 0 Å². The largest absolute Gasteiger partial charge is 0.497 e. The van der Waals surface area contributed by atoms with Crippen LogP contribution in [0.25, 0.3) is 10.8 Å². The molecule has 4 aromatic rings. The standard InChI is InChI=1S/C30H29N3O4/c1-19(2)27(30(36)31-23-15-12-20-8-4-5-9-22(20)18-23)33-29(35)25-10-6-7-11-26(25)32-28(34)21-13-16-24(37-3)17-14-21/h4-19,27H,1-3H3,(H,31,36)(H,32,34)(H,33,35). The summed E-state index contributed by atoms with van der Waals surface area (Å²) < 4.78 is 5.13. The van der Waals surface area contributed by atoms with Gasteiger partial charge in [0, 0.05) is 11.3 Å². The number of nitrogens with one attached hydrogen (secondary N) is 3. The number of carbonyl (C=O) groups excluding carboxylic acids is 3. The molecule has 0 spiro atoms. The number of hydrogen-bond donors (Lipinski definition) is 3. The molecule has 7 heteroatoms. The van der Waals surface area contributed by atoms with Gasteiger partial charge in [0.2, 0.25) is 5.91 Å². The minimum atomic E-state index is -0.788. The second kappa shape index (κ2) is 11.4. The Morgan fingerprint density at radius 1 is 0.730 bits per heavy atom. The van der Waals surface area contributed by atoms with Crippen LogP contribution in [0.3, 0.4) is 0 Å². The molecule has 0 saturated heterocycles. The predicted molar refractivity (Wildman–Crippen MR) is 146 cm³/mol. The Morgan fingerprint density at radius 2 is 1.41 bits per heavy atom. The van der Waals surface area contributed by atoms with Crippen molar-refractivity contribution in [3.8, 4) is 5.75 Å². The highest BCUT2D eigenvalue weighted by Gasteiger charge is 2.26. The molecule has 0 aromatic heterocycles. The van der Waals surface area contributed by atoms with Crippen LogP contribution in [0, 0.1) is 5.92 Å². The van der Waals surface area contributed by atoms with E-state index in [1.807, 2.05) is 56.3 Å². The number of fused-ring (bicyclic) bond motifs is 1. The van der Waals surface area contributed by atoms with E-state index in [1.165, 1.54) is 0 Å². The first-order chi connectivity index (χ1) is 17.9. The van der Waals surface area contributed by atoms with Crippen molar-refractivity contribution in [2.24, 2.45) is 5.92 Å². The Balaban J connectivity index is 1.48. The van der Waals surface area contributed by atoms with Crippen molar-refractivity contribution >= 4 is 39.9 Å². The van der Waals surface area contributed by atoms with Crippen LogP contribution in [0.4, 0.5) is 11.4 Å². The quantitative estimate of drug-likeness (QED) is 0.301. The maximum Gasteiger partial charge on any atom is 0.255 e. The lowest BCUT2D eigenvalue weighted by Crippen LogP contribution is -2.47. The van der Waals surface area contributed by atoms with Gasteiger partial charge in [0.15, 0.2) is 0 Å². The van der Waals surface area contributed by atoms with E-state index in [0.29, 0.717) is 22.7 Å². The zero-order valence-electron chi connectivity index (χ0n) is 20.9. The first-order valence-electron chi connectivity index (χ1n) is 12.0. The van der Waals surface area contributed by atoms with Crippen LogP contribution in [-0.2, 0) is 4.79 Å². The van der Waals surface area contributed by atoms with Crippen molar-refractivity contribution < 1.29 is 19.1 Å². The molecule has 3 N–H and O–H groups in total. The van der Waals surface area contributed by atoms with Crippen molar-refractivity contribution in [2.75, 3.05) is 17.7 Å². The molecular weight excluding hydrogens is 466 g/mol. The van der Waals surface area contributed by atoms with E-state index in [4.69, 9.17) is 4.74 Å². The maximum atomic E-state index is 13.3. The van der Waals surface area contributed by atoms with Crippen LogP contribution in [0.5, 0.6) is 5.75 Å². The molecule has 1 unspecified atom stereocenters. The molecule has 4 rings (SSSR count). The van der Waals surface area contributed by atoms with Crippen molar-refractivity contribution in [3.05, 3.63) is 102 Å². The van der Waals surface area contributed by atoms with E-state index in [-0.39, 0.29) is 23.3 Å². The van der Waals surface area contributed by atoms with Gasteiger partial charge in [0.05, 0.1) is 18.4 Å². The monoisotopic (exact) mass is 495 g/mol. The smallest absolute Gasteiger partial charge is 0.255 e. The third kappa shape index (κ3) is 6.13. The van der Waals surface area contributed by atoms with Crippen LogP contribution >= 0.6 is 0 Å². The number of carbonyl (C=O) groups is 3. The summed E-state index contributed by atoms with van der Waals surface area (Å²) in [7, 11) is 1.55. The third-order valence-corrected chi connectivity index (χ3v) is 6.02. The second-order valence-electron chi connectivity index (χ2n) is 8.97. The summed E-state index contributed by atoms with van der Waals surface area (Å²) in [6.07, 6.45) is 0. The summed E-state index contributed by atoms with van der Waals surface area (Å²) in [4.78, 5) is 39.2. The fourth-order valence-corrected chi connectivity index (χ4v) is 3.97. The van der Waals surface area contributed by atoms with Crippen LogP contribution < -0.4 is 20.7 Å². The molecule has 0 bridgehead atoms. The summed E-state index contributed by atoms with van der Waals surface area (Å²) in [5.74, 6) is -0.683. The first-order valence-corrected chi connectivity index (χ1v) is 12.0. The number of para-hydroxylation sites is 1. The summed E-state index contributed by atoms with van der Waals surface area (Å²) >= 11 is 0. The molecule has 0 aliphatic carbocycles. The van der Waals surface area contributed by atoms with Gasteiger partial charge in [-0.05, 0) is 65.2 Å². The Bertz CT molecular complexity index is 1430. The Hall–Kier alpha value is -4.65. The van der Waals surface area contributed by atoms with Crippen molar-refractivity contribution in [2.45, 2.75) is 19.9 Å². The predicted octanol–water partition coefficient (Wildman–Crippen LogP) is 5.49. The summed E-state index contributed by atoms with van der Waals surface area (Å²) in [5, 5.41) is 10.6. The molecule has 37 heavy (non-hydrogen) atoms. The van der Waals surface area contributed by atoms with Crippen LogP contribution in [0.2, 0.25) is 0 Å². The lowest BCUT2D eigenvalue weighted by molar-refractivity contribution is -0.118. The normalized spacial score (nSPS) is 11.6. The minimum Gasteiger partial charge on any atom is -0.497 e. The summed E-state index contributed by atoms with van der Waals surface area (Å²) in [6, 6.07) is 26.1. The van der Waals surface area contributed by atoms with Gasteiger partial charge in [-0.3, -0.25) is 14.4 Å². The highest BCUT2D eigenvalue weighted by molar-refractivity contribution is 6.10. The van der Waals surface area contributed by atoms with Crippen LogP contribution in [-0.4, -0.2) is 30.9 Å². The van der Waals surface area contributed by atoms with Gasteiger partial charge in [-0.25, -0.2) is 0 Å². The number of rotatable bonds is 8. The minimum absolute atomic E-state index is 0.176. The molecule has 0 saturated carbocycles. The Kier molecular flexibility index (Phi) is 7.83. The molecule has 3 amide bonds. The van der Waals surface area contributed by atoms with Crippen LogP contribution in [0.1, 0.15) is 34.6 Å². The lowest BCUT2D eigenvalue weighted by Gasteiger charge is -2.22. The Labute approximate surface area is 215 Å². The lowest BCUT2D eigenvalue weighted by atomic mass is 10.0. The van der Waals surface area contributed by atoms with Gasteiger partial charge >= 0.3 is 0 Å². The number of methoxy groups -OCH3 is 1. The van der Waals surface area contributed by atoms with Crippen molar-refractivity contribution in [3.63, 3.8) is 0 Å². The summed E-state index contributed by atoms with van der Waals surface area (Å²) in [6.45, 7) is 3.73. The van der Waals surface area contributed by atoms with Crippen molar-refractivity contribution in [1.82, 2.24) is 5.32 Å². The number of ether oxygens (including phenoxy) is 1. The second-order valence-corrected chi connectivity index (χ2v) is 8.97. The molecule has 0 heterocycles. The average Bonchev–Trinajstić information content (AvgIpc) is 2.91. The number of benzene rings is 4. The number of anilines is 2. The molecule has 4 aromatic carbocycles. The third-order valence-electron chi connectivity index (χ3n) is 6.02. The fraction of sp³-hybridized carbons (Fsp3) is 0.167. The fourth-order valence-electron chi connectivity index (χ4n) is 3.97. The van der Waals surface area contributed by atoms with Gasteiger partial charge in [-0.2, -0.15) is 0 Å². The molecule has 188 valence electrons. The molecule has 0 aliphatic heterocycles. The van der Waals surface area contributed by atoms with E-state index in [0.717, 1.165) is 10.8 Å². The van der Waals surface area contributed by atoms with Gasteiger partial charge in [0.1, 0.15) is 11.8 Å². The molecule has 7 nitrogen and oxygen atoms in total. The van der Waals surface area contributed by atoms with Gasteiger partial charge in [-0.15, -0.1) is 0 Å². The highest BCUT2D eigenvalue weighted by atomic mass is 16.5. The number of amides is 3. The van der Waals surface area contributed by atoms with E-state index < -0.39 is 11.9 Å². The SMILES string of the molecule is COc1ccc(C(=O)Nc2ccccc2C(=O)NC(C(=O)Nc2ccc3ccccc3c2)C(C)C)cc1. The molecular formula is C30H29N3O4. The Morgan fingerprint density at radius 3 is 2.11 bits per heavy atom. The zero-order valence-corrected chi connectivity index (χ0v) is 20.9. The van der Waals surface area contributed by atoms with E-state index in [9.17, 15) is 14.4 Å². The summed E-state index contributed by atoms with van der Waals surface area (Å²) in [5.41, 5.74) is 1.67. The van der Waals surface area contributed by atoms with Gasteiger partial charge < -0.3 is 20.7 Å². The average molecular weight is 496 g/mol. The molecule has 0 aliphatic rings.